The lowest BCUT2D eigenvalue weighted by molar-refractivity contribution is 0.0174. The summed E-state index contributed by atoms with van der Waals surface area (Å²) in [5, 5.41) is 0. The Morgan fingerprint density at radius 1 is 1.18 bits per heavy atom. The molecule has 1 N–H and O–H groups in total. The van der Waals surface area contributed by atoms with Crippen LogP contribution in [0.25, 0.3) is 0 Å². The second-order valence-corrected chi connectivity index (χ2v) is 11.8. The van der Waals surface area contributed by atoms with Crippen LogP contribution in [0.15, 0.2) is 60.0 Å². The normalized spacial score (nSPS) is 16.0. The van der Waals surface area contributed by atoms with Crippen molar-refractivity contribution in [2.45, 2.75) is 76.3 Å². The van der Waals surface area contributed by atoms with Crippen molar-refractivity contribution < 1.29 is 17.9 Å². The largest absolute Gasteiger partial charge is 0.444 e. The molecule has 2 aromatic carbocycles. The van der Waals surface area contributed by atoms with Crippen LogP contribution in [0.2, 0.25) is 0 Å². The molecular formula is C27H36N2O4S. The number of amides is 1. The summed E-state index contributed by atoms with van der Waals surface area (Å²) in [6.07, 6.45) is 3.58. The predicted molar refractivity (Wildman–Crippen MR) is 137 cm³/mol. The lowest BCUT2D eigenvalue weighted by atomic mass is 9.87. The standard InChI is InChI=1S/C27H36N2O4S/c1-7-16-29(26(30)33-27(4,5)6)24-13-9-21-17-23(12-8-22(21)18-24)28-34(31,32)25-14-10-20(11-15-25)19(2)3/h7-8,10-12,14-15,17,19,24,28H,1,9,13,16,18H2,2-6H3. The second kappa shape index (κ2) is 10.2. The summed E-state index contributed by atoms with van der Waals surface area (Å²) >= 11 is 0. The molecule has 0 radical (unpaired) electrons. The molecule has 0 aliphatic heterocycles. The maximum absolute atomic E-state index is 12.9. The average Bonchev–Trinajstić information content (AvgIpc) is 2.75. The molecule has 6 nitrogen and oxygen atoms in total. The Morgan fingerprint density at radius 3 is 2.44 bits per heavy atom. The topological polar surface area (TPSA) is 75.7 Å². The third-order valence-electron chi connectivity index (χ3n) is 5.91. The first-order chi connectivity index (χ1) is 15.9. The van der Waals surface area contributed by atoms with Crippen LogP contribution in [0.3, 0.4) is 0 Å². The summed E-state index contributed by atoms with van der Waals surface area (Å²) in [7, 11) is -3.67. The summed E-state index contributed by atoms with van der Waals surface area (Å²) in [5.41, 5.74) is 3.27. The molecule has 0 saturated carbocycles. The SMILES string of the molecule is C=CCN(C(=O)OC(C)(C)C)C1CCc2cc(NS(=O)(=O)c3ccc(C(C)C)cc3)ccc2C1. The molecule has 0 bridgehead atoms. The fourth-order valence-electron chi connectivity index (χ4n) is 4.14. The molecule has 1 unspecified atom stereocenters. The maximum atomic E-state index is 12.9. The molecule has 1 atom stereocenters. The Hall–Kier alpha value is -2.80. The van der Waals surface area contributed by atoms with E-state index in [-0.39, 0.29) is 17.0 Å². The predicted octanol–water partition coefficient (Wildman–Crippen LogP) is 5.89. The molecule has 184 valence electrons. The summed E-state index contributed by atoms with van der Waals surface area (Å²) in [6.45, 7) is 13.9. The fourth-order valence-corrected chi connectivity index (χ4v) is 5.19. The van der Waals surface area contributed by atoms with E-state index in [1.54, 1.807) is 29.2 Å². The first kappa shape index (κ1) is 25.8. The van der Waals surface area contributed by atoms with Crippen LogP contribution >= 0.6 is 0 Å². The number of carbonyl (C=O) groups excluding carboxylic acids is 1. The van der Waals surface area contributed by atoms with Gasteiger partial charge in [-0.1, -0.05) is 38.1 Å². The number of nitrogens with zero attached hydrogens (tertiary/aromatic N) is 1. The zero-order valence-corrected chi connectivity index (χ0v) is 21.6. The molecular weight excluding hydrogens is 448 g/mol. The minimum Gasteiger partial charge on any atom is -0.444 e. The van der Waals surface area contributed by atoms with Gasteiger partial charge in [0.25, 0.3) is 10.0 Å². The quantitative estimate of drug-likeness (QED) is 0.497. The van der Waals surface area contributed by atoms with Crippen molar-refractivity contribution in [1.82, 2.24) is 4.90 Å². The van der Waals surface area contributed by atoms with E-state index in [2.05, 4.69) is 25.1 Å². The number of nitrogens with one attached hydrogen (secondary N) is 1. The van der Waals surface area contributed by atoms with Gasteiger partial charge in [0, 0.05) is 18.3 Å². The average molecular weight is 485 g/mol. The van der Waals surface area contributed by atoms with Crippen LogP contribution in [0.5, 0.6) is 0 Å². The van der Waals surface area contributed by atoms with E-state index >= 15 is 0 Å². The summed E-state index contributed by atoms with van der Waals surface area (Å²) in [6, 6.07) is 12.6. The highest BCUT2D eigenvalue weighted by Gasteiger charge is 2.30. The summed E-state index contributed by atoms with van der Waals surface area (Å²) < 4.78 is 34.0. The van der Waals surface area contributed by atoms with Gasteiger partial charge in [-0.2, -0.15) is 0 Å². The van der Waals surface area contributed by atoms with Gasteiger partial charge in [0.05, 0.1) is 4.90 Å². The number of anilines is 1. The van der Waals surface area contributed by atoms with Crippen LogP contribution in [0.4, 0.5) is 10.5 Å². The Balaban J connectivity index is 1.74. The van der Waals surface area contributed by atoms with Gasteiger partial charge >= 0.3 is 6.09 Å². The van der Waals surface area contributed by atoms with Crippen molar-refractivity contribution in [2.24, 2.45) is 0 Å². The Morgan fingerprint density at radius 2 is 1.85 bits per heavy atom. The maximum Gasteiger partial charge on any atom is 0.410 e. The Kier molecular flexibility index (Phi) is 7.76. The third-order valence-corrected chi connectivity index (χ3v) is 7.31. The van der Waals surface area contributed by atoms with Crippen LogP contribution in [0.1, 0.15) is 63.6 Å². The van der Waals surface area contributed by atoms with Crippen molar-refractivity contribution in [2.75, 3.05) is 11.3 Å². The van der Waals surface area contributed by atoms with Gasteiger partial charge in [-0.25, -0.2) is 13.2 Å². The van der Waals surface area contributed by atoms with Gasteiger partial charge in [-0.05, 0) is 86.9 Å². The van der Waals surface area contributed by atoms with E-state index in [0.29, 0.717) is 24.6 Å². The molecule has 2 aromatic rings. The fraction of sp³-hybridized carbons (Fsp3) is 0.444. The molecule has 7 heteroatoms. The second-order valence-electron chi connectivity index (χ2n) is 10.1. The van der Waals surface area contributed by atoms with Crippen LogP contribution in [0, 0.1) is 0 Å². The molecule has 1 aliphatic rings. The van der Waals surface area contributed by atoms with Crippen molar-refractivity contribution in [3.05, 3.63) is 71.8 Å². The molecule has 0 fully saturated rings. The smallest absolute Gasteiger partial charge is 0.410 e. The number of hydrogen-bond donors (Lipinski definition) is 1. The zero-order chi connectivity index (χ0) is 25.1. The molecule has 3 rings (SSSR count). The molecule has 34 heavy (non-hydrogen) atoms. The van der Waals surface area contributed by atoms with Gasteiger partial charge in [-0.15, -0.1) is 6.58 Å². The first-order valence-corrected chi connectivity index (χ1v) is 13.2. The van der Waals surface area contributed by atoms with Gasteiger partial charge in [-0.3, -0.25) is 4.72 Å². The molecule has 1 aliphatic carbocycles. The van der Waals surface area contributed by atoms with E-state index < -0.39 is 15.6 Å². The monoisotopic (exact) mass is 484 g/mol. The number of fused-ring (bicyclic) bond motifs is 1. The molecule has 0 saturated heterocycles. The van der Waals surface area contributed by atoms with E-state index in [9.17, 15) is 13.2 Å². The summed E-state index contributed by atoms with van der Waals surface area (Å²) in [4.78, 5) is 14.7. The number of hydrogen-bond acceptors (Lipinski definition) is 4. The van der Waals surface area contributed by atoms with Crippen LogP contribution in [-0.2, 0) is 27.6 Å². The van der Waals surface area contributed by atoms with Crippen molar-refractivity contribution in [1.29, 1.82) is 0 Å². The highest BCUT2D eigenvalue weighted by molar-refractivity contribution is 7.92. The van der Waals surface area contributed by atoms with Crippen molar-refractivity contribution in [3.63, 3.8) is 0 Å². The van der Waals surface area contributed by atoms with Gasteiger partial charge in [0.2, 0.25) is 0 Å². The minimum atomic E-state index is -3.67. The number of carbonyl (C=O) groups is 1. The number of aryl methyl sites for hydroxylation is 1. The van der Waals surface area contributed by atoms with E-state index in [4.69, 9.17) is 4.74 Å². The molecule has 0 heterocycles. The number of benzene rings is 2. The highest BCUT2D eigenvalue weighted by Crippen LogP contribution is 2.29. The zero-order valence-electron chi connectivity index (χ0n) is 20.8. The molecule has 0 aromatic heterocycles. The Bertz CT molecular complexity index is 1130. The lowest BCUT2D eigenvalue weighted by Crippen LogP contribution is -2.45. The van der Waals surface area contributed by atoms with Crippen molar-refractivity contribution in [3.8, 4) is 0 Å². The van der Waals surface area contributed by atoms with Gasteiger partial charge < -0.3 is 9.64 Å². The van der Waals surface area contributed by atoms with E-state index in [1.807, 2.05) is 45.0 Å². The molecule has 1 amide bonds. The van der Waals surface area contributed by atoms with Crippen LogP contribution in [-0.4, -0.2) is 37.6 Å². The van der Waals surface area contributed by atoms with Gasteiger partial charge in [0.1, 0.15) is 5.60 Å². The molecule has 0 spiro atoms. The third kappa shape index (κ3) is 6.41. The number of ether oxygens (including phenoxy) is 1. The Labute approximate surface area is 204 Å². The van der Waals surface area contributed by atoms with E-state index in [0.717, 1.165) is 29.5 Å². The minimum absolute atomic E-state index is 0.00219. The number of sulfonamides is 1. The van der Waals surface area contributed by atoms with Crippen molar-refractivity contribution >= 4 is 21.8 Å². The van der Waals surface area contributed by atoms with Gasteiger partial charge in [0.15, 0.2) is 0 Å². The summed E-state index contributed by atoms with van der Waals surface area (Å²) in [5.74, 6) is 0.340. The lowest BCUT2D eigenvalue weighted by Gasteiger charge is -2.35. The highest BCUT2D eigenvalue weighted by atomic mass is 32.2. The number of rotatable bonds is 7. The van der Waals surface area contributed by atoms with E-state index in [1.165, 1.54) is 0 Å². The van der Waals surface area contributed by atoms with Crippen LogP contribution < -0.4 is 4.72 Å². The first-order valence-electron chi connectivity index (χ1n) is 11.7.